The van der Waals surface area contributed by atoms with Gasteiger partial charge in [0.25, 0.3) is 0 Å². The topological polar surface area (TPSA) is 24.1 Å². The van der Waals surface area contributed by atoms with Gasteiger partial charge in [0.1, 0.15) is 0 Å². The molecule has 1 fully saturated rings. The fourth-order valence-electron chi connectivity index (χ4n) is 4.17. The Labute approximate surface area is 174 Å². The van der Waals surface area contributed by atoms with Crippen LogP contribution >= 0.6 is 12.4 Å². The van der Waals surface area contributed by atoms with E-state index in [1.807, 2.05) is 0 Å². The lowest BCUT2D eigenvalue weighted by Crippen LogP contribution is -2.49. The SMILES string of the molecule is Cl.c1ccc(CNC2CCC(C(c3ccccc3)c3ccccc3)NC2)cc1. The maximum atomic E-state index is 3.84. The van der Waals surface area contributed by atoms with Crippen molar-refractivity contribution >= 4 is 12.4 Å². The lowest BCUT2D eigenvalue weighted by molar-refractivity contribution is 0.307. The summed E-state index contributed by atoms with van der Waals surface area (Å²) in [5.41, 5.74) is 4.15. The number of halogens is 1. The Morgan fingerprint density at radius 2 is 1.29 bits per heavy atom. The molecular formula is C25H29ClN2. The lowest BCUT2D eigenvalue weighted by atomic mass is 9.81. The van der Waals surface area contributed by atoms with Crippen LogP contribution in [0.3, 0.4) is 0 Å². The molecule has 0 aromatic heterocycles. The zero-order chi connectivity index (χ0) is 18.3. The first-order valence-corrected chi connectivity index (χ1v) is 10.0. The van der Waals surface area contributed by atoms with E-state index >= 15 is 0 Å². The number of nitrogens with one attached hydrogen (secondary N) is 2. The molecule has 1 saturated heterocycles. The molecular weight excluding hydrogens is 364 g/mol. The van der Waals surface area contributed by atoms with Crippen LogP contribution in [-0.2, 0) is 6.54 Å². The maximum absolute atomic E-state index is 3.84. The van der Waals surface area contributed by atoms with E-state index in [-0.39, 0.29) is 12.4 Å². The smallest absolute Gasteiger partial charge is 0.0243 e. The summed E-state index contributed by atoms with van der Waals surface area (Å²) >= 11 is 0. The van der Waals surface area contributed by atoms with Gasteiger partial charge in [-0.2, -0.15) is 0 Å². The third-order valence-electron chi connectivity index (χ3n) is 5.61. The predicted molar refractivity (Wildman–Crippen MR) is 120 cm³/mol. The van der Waals surface area contributed by atoms with Crippen molar-refractivity contribution < 1.29 is 0 Å². The fraction of sp³-hybridized carbons (Fsp3) is 0.280. The molecule has 0 radical (unpaired) electrons. The van der Waals surface area contributed by atoms with E-state index in [0.29, 0.717) is 18.0 Å². The zero-order valence-electron chi connectivity index (χ0n) is 16.1. The zero-order valence-corrected chi connectivity index (χ0v) is 16.9. The van der Waals surface area contributed by atoms with Crippen LogP contribution in [-0.4, -0.2) is 18.6 Å². The van der Waals surface area contributed by atoms with Crippen molar-refractivity contribution in [2.45, 2.75) is 37.4 Å². The molecule has 2 atom stereocenters. The standard InChI is InChI=1S/C25H28N2.ClH/c1-4-10-20(11-5-1)18-26-23-16-17-24(27-19-23)25(21-12-6-2-7-13-21)22-14-8-3-9-15-22;/h1-15,23-27H,16-19H2;1H. The molecule has 3 aromatic rings. The average molecular weight is 393 g/mol. The number of hydrogen-bond donors (Lipinski definition) is 2. The Morgan fingerprint density at radius 1 is 0.750 bits per heavy atom. The van der Waals surface area contributed by atoms with Gasteiger partial charge < -0.3 is 10.6 Å². The van der Waals surface area contributed by atoms with E-state index in [2.05, 4.69) is 102 Å². The molecule has 2 unspecified atom stereocenters. The highest BCUT2D eigenvalue weighted by Crippen LogP contribution is 2.31. The Kier molecular flexibility index (Phi) is 7.67. The van der Waals surface area contributed by atoms with Gasteiger partial charge in [-0.25, -0.2) is 0 Å². The van der Waals surface area contributed by atoms with Crippen molar-refractivity contribution in [3.63, 3.8) is 0 Å². The Hall–Kier alpha value is -2.13. The second kappa shape index (κ2) is 10.4. The molecule has 28 heavy (non-hydrogen) atoms. The molecule has 0 bridgehead atoms. The fourth-order valence-corrected chi connectivity index (χ4v) is 4.17. The van der Waals surface area contributed by atoms with Crippen LogP contribution in [0.4, 0.5) is 0 Å². The molecule has 0 amide bonds. The van der Waals surface area contributed by atoms with Crippen molar-refractivity contribution in [3.8, 4) is 0 Å². The summed E-state index contributed by atoms with van der Waals surface area (Å²) in [7, 11) is 0. The van der Waals surface area contributed by atoms with E-state index in [9.17, 15) is 0 Å². The van der Waals surface area contributed by atoms with E-state index in [1.54, 1.807) is 0 Å². The summed E-state index contributed by atoms with van der Waals surface area (Å²) in [5.74, 6) is 0.405. The average Bonchev–Trinajstić information content (AvgIpc) is 2.76. The minimum absolute atomic E-state index is 0. The molecule has 0 spiro atoms. The normalized spacial score (nSPS) is 19.2. The maximum Gasteiger partial charge on any atom is 0.0243 e. The molecule has 0 saturated carbocycles. The first kappa shape index (κ1) is 20.6. The predicted octanol–water partition coefficient (Wildman–Crippen LogP) is 5.15. The van der Waals surface area contributed by atoms with E-state index in [0.717, 1.165) is 13.1 Å². The van der Waals surface area contributed by atoms with E-state index in [1.165, 1.54) is 29.5 Å². The van der Waals surface area contributed by atoms with Gasteiger partial charge in [-0.05, 0) is 29.5 Å². The van der Waals surface area contributed by atoms with Crippen LogP contribution in [0, 0.1) is 0 Å². The molecule has 1 aliphatic rings. The summed E-state index contributed by atoms with van der Waals surface area (Å²) in [6, 6.07) is 33.5. The highest BCUT2D eigenvalue weighted by molar-refractivity contribution is 5.85. The van der Waals surface area contributed by atoms with Gasteiger partial charge in [-0.15, -0.1) is 12.4 Å². The van der Waals surface area contributed by atoms with E-state index < -0.39 is 0 Å². The highest BCUT2D eigenvalue weighted by atomic mass is 35.5. The number of hydrogen-bond acceptors (Lipinski definition) is 2. The first-order chi connectivity index (χ1) is 13.4. The number of benzene rings is 3. The third kappa shape index (κ3) is 5.23. The van der Waals surface area contributed by atoms with Crippen molar-refractivity contribution in [3.05, 3.63) is 108 Å². The van der Waals surface area contributed by atoms with Crippen molar-refractivity contribution in [2.24, 2.45) is 0 Å². The van der Waals surface area contributed by atoms with E-state index in [4.69, 9.17) is 0 Å². The highest BCUT2D eigenvalue weighted by Gasteiger charge is 2.29. The minimum atomic E-state index is 0. The molecule has 146 valence electrons. The first-order valence-electron chi connectivity index (χ1n) is 10.0. The van der Waals surface area contributed by atoms with Crippen LogP contribution in [0.1, 0.15) is 35.4 Å². The van der Waals surface area contributed by atoms with Crippen LogP contribution < -0.4 is 10.6 Å². The molecule has 1 heterocycles. The second-order valence-corrected chi connectivity index (χ2v) is 7.45. The largest absolute Gasteiger partial charge is 0.311 e. The Morgan fingerprint density at radius 3 is 1.79 bits per heavy atom. The van der Waals surface area contributed by atoms with Gasteiger partial charge in [0, 0.05) is 31.1 Å². The van der Waals surface area contributed by atoms with Gasteiger partial charge in [-0.1, -0.05) is 91.0 Å². The molecule has 2 N–H and O–H groups in total. The van der Waals surface area contributed by atoms with Crippen LogP contribution in [0.5, 0.6) is 0 Å². The minimum Gasteiger partial charge on any atom is -0.311 e. The van der Waals surface area contributed by atoms with Gasteiger partial charge in [0.05, 0.1) is 0 Å². The summed E-state index contributed by atoms with van der Waals surface area (Å²) in [4.78, 5) is 0. The number of piperidine rings is 1. The quantitative estimate of drug-likeness (QED) is 0.606. The Balaban J connectivity index is 0.00000225. The van der Waals surface area contributed by atoms with Crippen molar-refractivity contribution in [1.29, 1.82) is 0 Å². The van der Waals surface area contributed by atoms with Gasteiger partial charge in [-0.3, -0.25) is 0 Å². The number of rotatable bonds is 6. The molecule has 4 rings (SSSR count). The molecule has 3 heteroatoms. The Bertz CT molecular complexity index is 760. The summed E-state index contributed by atoms with van der Waals surface area (Å²) in [5, 5.41) is 7.55. The van der Waals surface area contributed by atoms with Gasteiger partial charge in [0.15, 0.2) is 0 Å². The summed E-state index contributed by atoms with van der Waals surface area (Å²) in [6.07, 6.45) is 2.39. The summed E-state index contributed by atoms with van der Waals surface area (Å²) < 4.78 is 0. The second-order valence-electron chi connectivity index (χ2n) is 7.45. The van der Waals surface area contributed by atoms with Crippen molar-refractivity contribution in [2.75, 3.05) is 6.54 Å². The molecule has 3 aromatic carbocycles. The molecule has 1 aliphatic heterocycles. The molecule has 2 nitrogen and oxygen atoms in total. The lowest BCUT2D eigenvalue weighted by Gasteiger charge is -2.36. The van der Waals surface area contributed by atoms with Gasteiger partial charge in [0.2, 0.25) is 0 Å². The van der Waals surface area contributed by atoms with Gasteiger partial charge >= 0.3 is 0 Å². The van der Waals surface area contributed by atoms with Crippen LogP contribution in [0.15, 0.2) is 91.0 Å². The monoisotopic (exact) mass is 392 g/mol. The molecule has 0 aliphatic carbocycles. The van der Waals surface area contributed by atoms with Crippen LogP contribution in [0.25, 0.3) is 0 Å². The summed E-state index contributed by atoms with van der Waals surface area (Å²) in [6.45, 7) is 1.96. The third-order valence-corrected chi connectivity index (χ3v) is 5.61. The van der Waals surface area contributed by atoms with Crippen LogP contribution in [0.2, 0.25) is 0 Å². The van der Waals surface area contributed by atoms with Crippen molar-refractivity contribution in [1.82, 2.24) is 10.6 Å².